The summed E-state index contributed by atoms with van der Waals surface area (Å²) in [6.07, 6.45) is -14.6. The Morgan fingerprint density at radius 2 is 0.549 bits per heavy atom. The van der Waals surface area contributed by atoms with Crippen LogP contribution < -0.4 is 4.74 Å². The van der Waals surface area contributed by atoms with E-state index in [4.69, 9.17) is 4.74 Å². The predicted molar refractivity (Wildman–Crippen MR) is 497 cm³/mol. The standard InChI is InChI=1S/C19H17F3O2.C18H15F3O3.C18H17F3O.C17H20.C11H16.C8H10.6C2H6.3CH4.U/c1-9-10(2)15(12(4)23)16-13-7-5-6-8-14(13)18(24,19(20,21)22)17(16)11(9)3;1-9-10(2)15-14(16(11(9)3)24-8-22)12-6-4-5-7-13(12)17(15,23)18(19,20)21;1-9-10(2)12(4)16-15(11(9)3)13-7-5-6-8-14(13)17(16,22)18(19,20)21;1-11-8-6-7-9-16(11)17-10-12(2)13(3)14(4)15(17)5;1-7-6-8(2)10(4)11(5)9(7)3;1-7-5-3-4-6-8(7)2;6*1-2;;;;/h5-8,24H,1-4H3;4-8,23H,1-3H3;5-8,22H,1-4H3;6-10H,1-5H3;6H,1-5H3;3-6H,1-2H3;6*1-2H3;3*1H4;. The number of rotatable bonds is 4. The number of alkyl halides is 9. The molecule has 3 aliphatic rings. The smallest absolute Gasteiger partial charge is 0.425 e. The van der Waals surface area contributed by atoms with Crippen molar-refractivity contribution in [2.24, 2.45) is 0 Å². The molecule has 10 aromatic carbocycles. The van der Waals surface area contributed by atoms with Crippen LogP contribution in [0.2, 0.25) is 0 Å². The van der Waals surface area contributed by atoms with E-state index in [0.717, 1.165) is 16.7 Å². The normalized spacial score (nSPS) is 14.4. The first kappa shape index (κ1) is 118. The van der Waals surface area contributed by atoms with E-state index in [1.54, 1.807) is 72.7 Å². The van der Waals surface area contributed by atoms with Crippen LogP contribution in [0, 0.1) is 183 Å². The SMILES string of the molecule is C.C.C.CC.CC.CC.CC.CC.CC.CC(=O)c1c(C)c(C)c(C)c2c1-c1ccccc1C2(O)C(F)(F)F.Cc1c(C)c(C)c2c(c1C)-c1ccccc1C2(O)C(F)(F)F.Cc1c(C)c(OC=O)c2c(c1C)C(O)(C(F)(F)F)c1ccccc1-2.Cc1cc(C)c(C)c(C)c1C.Cc1ccccc1-c1cc(C)c(C)c(C)c1C.Cc1ccccc1C.[U]. The van der Waals surface area contributed by atoms with Crippen LogP contribution in [-0.2, 0) is 21.6 Å². The largest absolute Gasteiger partial charge is 0.428 e. The Hall–Kier alpha value is -8.36. The van der Waals surface area contributed by atoms with Crippen LogP contribution in [0.4, 0.5) is 39.5 Å². The van der Waals surface area contributed by atoms with Gasteiger partial charge in [-0.1, -0.05) is 239 Å². The van der Waals surface area contributed by atoms with Crippen LogP contribution in [0.25, 0.3) is 44.5 Å². The van der Waals surface area contributed by atoms with Gasteiger partial charge >= 0.3 is 18.5 Å². The summed E-state index contributed by atoms with van der Waals surface area (Å²) >= 11 is 0. The van der Waals surface area contributed by atoms with Crippen LogP contribution in [0.1, 0.15) is 278 Å². The zero-order chi connectivity index (χ0) is 91.5. The molecule has 0 aromatic heterocycles. The molecule has 13 rings (SSSR count). The summed E-state index contributed by atoms with van der Waals surface area (Å²) in [6, 6.07) is 39.4. The fourth-order valence-electron chi connectivity index (χ4n) is 15.2. The molecular weight excluding hydrogens is 1780 g/mol. The van der Waals surface area contributed by atoms with Crippen LogP contribution in [-0.4, -0.2) is 46.1 Å². The number of halogens is 9. The number of carbonyl (C=O) groups excluding carboxylic acids is 2. The minimum absolute atomic E-state index is 0. The van der Waals surface area contributed by atoms with Crippen molar-refractivity contribution in [3.8, 4) is 50.3 Å². The molecule has 0 saturated heterocycles. The maximum absolute atomic E-state index is 13.9. The van der Waals surface area contributed by atoms with Crippen LogP contribution in [0.3, 0.4) is 0 Å². The number of benzene rings is 10. The molecule has 670 valence electrons. The molecule has 0 radical (unpaired) electrons. The molecule has 3 N–H and O–H groups in total. The third kappa shape index (κ3) is 22.8. The third-order valence-corrected chi connectivity index (χ3v) is 23.1. The fraction of sp³-hybridized carbons (Fsp3) is 0.415. The van der Waals surface area contributed by atoms with Crippen LogP contribution in [0.5, 0.6) is 5.75 Å². The Bertz CT molecular complexity index is 5090. The monoisotopic (exact) mass is 1920 g/mol. The third-order valence-electron chi connectivity index (χ3n) is 23.1. The Balaban J connectivity index is -0.00000138. The van der Waals surface area contributed by atoms with E-state index in [-0.39, 0.29) is 133 Å². The van der Waals surface area contributed by atoms with Gasteiger partial charge in [-0.25, -0.2) is 0 Å². The van der Waals surface area contributed by atoms with Gasteiger partial charge in [0.25, 0.3) is 6.47 Å². The molecule has 0 fully saturated rings. The summed E-state index contributed by atoms with van der Waals surface area (Å²) in [5, 5.41) is 32.3. The first-order valence-electron chi connectivity index (χ1n) is 41.0. The Morgan fingerprint density at radius 3 is 0.877 bits per heavy atom. The van der Waals surface area contributed by atoms with Crippen molar-refractivity contribution in [2.45, 2.75) is 300 Å². The molecule has 0 saturated carbocycles. The molecular formula is C106H143F9O6U. The molecule has 6 nitrogen and oxygen atoms in total. The van der Waals surface area contributed by atoms with E-state index in [1.807, 2.05) is 96.9 Å². The average Bonchev–Trinajstić information content (AvgIpc) is 1.54. The number of ketones is 1. The second-order valence-corrected chi connectivity index (χ2v) is 28.6. The summed E-state index contributed by atoms with van der Waals surface area (Å²) in [5.41, 5.74) is 17.5. The molecule has 122 heavy (non-hydrogen) atoms. The van der Waals surface area contributed by atoms with Gasteiger partial charge in [0.1, 0.15) is 5.75 Å². The first-order chi connectivity index (χ1) is 55.2. The summed E-state index contributed by atoms with van der Waals surface area (Å²) in [4.78, 5) is 23.1. The molecule has 0 spiro atoms. The minimum atomic E-state index is -4.92. The molecule has 0 heterocycles. The summed E-state index contributed by atoms with van der Waals surface area (Å²) in [6.45, 7) is 68.7. The van der Waals surface area contributed by atoms with Gasteiger partial charge in [0, 0.05) is 81.2 Å². The first-order valence-corrected chi connectivity index (χ1v) is 41.0. The number of hydrogen-bond donors (Lipinski definition) is 3. The second-order valence-electron chi connectivity index (χ2n) is 28.6. The number of carbonyl (C=O) groups is 2. The molecule has 10 aromatic rings. The van der Waals surface area contributed by atoms with Gasteiger partial charge in [0.15, 0.2) is 5.78 Å². The number of ether oxygens (including phenoxy) is 1. The van der Waals surface area contributed by atoms with Crippen LogP contribution in [0.15, 0.2) is 133 Å². The van der Waals surface area contributed by atoms with Crippen molar-refractivity contribution < 1.29 is 100 Å². The number of fused-ring (bicyclic) bond motifs is 9. The Kier molecular flexibility index (Phi) is 47.7. The van der Waals surface area contributed by atoms with Crippen molar-refractivity contribution in [3.05, 3.63) is 295 Å². The van der Waals surface area contributed by atoms with E-state index >= 15 is 0 Å². The number of hydrogen-bond acceptors (Lipinski definition) is 6. The van der Waals surface area contributed by atoms with Crippen LogP contribution >= 0.6 is 0 Å². The molecule has 3 aliphatic carbocycles. The van der Waals surface area contributed by atoms with E-state index in [1.165, 1.54) is 140 Å². The Labute approximate surface area is 752 Å². The van der Waals surface area contributed by atoms with E-state index in [9.17, 15) is 64.4 Å². The van der Waals surface area contributed by atoms with Gasteiger partial charge in [0.05, 0.1) is 0 Å². The summed E-state index contributed by atoms with van der Waals surface area (Å²) in [7, 11) is 0. The maximum Gasteiger partial charge on any atom is 0.425 e. The van der Waals surface area contributed by atoms with Gasteiger partial charge < -0.3 is 20.1 Å². The van der Waals surface area contributed by atoms with Crippen molar-refractivity contribution in [1.29, 1.82) is 0 Å². The molecule has 0 amide bonds. The van der Waals surface area contributed by atoms with E-state index in [0.29, 0.717) is 50.1 Å². The quantitative estimate of drug-likeness (QED) is 0.0921. The van der Waals surface area contributed by atoms with Gasteiger partial charge in [0.2, 0.25) is 16.8 Å². The van der Waals surface area contributed by atoms with Gasteiger partial charge in [-0.15, -0.1) is 0 Å². The molecule has 16 heteroatoms. The van der Waals surface area contributed by atoms with Crippen molar-refractivity contribution in [2.75, 3.05) is 0 Å². The molecule has 3 atom stereocenters. The minimum Gasteiger partial charge on any atom is -0.428 e. The number of aliphatic hydroxyl groups is 3. The fourth-order valence-corrected chi connectivity index (χ4v) is 15.2. The Morgan fingerprint density at radius 1 is 0.295 bits per heavy atom. The number of aryl methyl sites for hydroxylation is 6. The van der Waals surface area contributed by atoms with Gasteiger partial charge in [-0.3, -0.25) is 9.59 Å². The molecule has 3 unspecified atom stereocenters. The summed E-state index contributed by atoms with van der Waals surface area (Å²) < 4.78 is 130. The van der Waals surface area contributed by atoms with Crippen molar-refractivity contribution in [3.63, 3.8) is 0 Å². The van der Waals surface area contributed by atoms with E-state index < -0.39 is 35.3 Å². The van der Waals surface area contributed by atoms with E-state index in [2.05, 4.69) is 144 Å². The van der Waals surface area contributed by atoms with Gasteiger partial charge in [-0.2, -0.15) is 39.5 Å². The summed E-state index contributed by atoms with van der Waals surface area (Å²) in [5.74, 6) is -0.260. The number of Topliss-reactive ketones (excluding diaryl/α,β-unsaturated/α-hetero) is 1. The maximum atomic E-state index is 13.9. The average molecular weight is 1920 g/mol. The zero-order valence-electron chi connectivity index (χ0n) is 77.2. The topological polar surface area (TPSA) is 104 Å². The second kappa shape index (κ2) is 49.4. The zero-order valence-corrected chi connectivity index (χ0v) is 81.4. The van der Waals surface area contributed by atoms with Gasteiger partial charge in [-0.05, 0) is 315 Å². The molecule has 0 aliphatic heterocycles. The van der Waals surface area contributed by atoms with Crippen molar-refractivity contribution in [1.82, 2.24) is 0 Å². The predicted octanol–water partition coefficient (Wildman–Crippen LogP) is 31.7. The van der Waals surface area contributed by atoms with Crippen molar-refractivity contribution >= 4 is 12.3 Å². The molecule has 0 bridgehead atoms.